The number of nitrogens with zero attached hydrogens (tertiary/aromatic N) is 1. The van der Waals surface area contributed by atoms with Gasteiger partial charge < -0.3 is 5.73 Å². The predicted octanol–water partition coefficient (Wildman–Crippen LogP) is 2.81. The summed E-state index contributed by atoms with van der Waals surface area (Å²) in [5.41, 5.74) is 6.57. The molecule has 1 aliphatic carbocycles. The second kappa shape index (κ2) is 7.51. The van der Waals surface area contributed by atoms with Gasteiger partial charge in [-0.05, 0) is 30.9 Å². The van der Waals surface area contributed by atoms with Crippen LogP contribution in [0.1, 0.15) is 25.7 Å². The third-order valence-corrected chi connectivity index (χ3v) is 7.15. The number of thioether (sulfide) groups is 1. The van der Waals surface area contributed by atoms with Gasteiger partial charge in [-0.15, -0.1) is 11.8 Å². The van der Waals surface area contributed by atoms with Crippen molar-refractivity contribution in [1.29, 1.82) is 0 Å². The summed E-state index contributed by atoms with van der Waals surface area (Å²) in [7, 11) is -1.46. The van der Waals surface area contributed by atoms with Gasteiger partial charge in [-0.1, -0.05) is 25.0 Å². The molecule has 1 aromatic carbocycles. The molecule has 1 saturated carbocycles. The van der Waals surface area contributed by atoms with E-state index in [9.17, 15) is 8.42 Å². The van der Waals surface area contributed by atoms with Crippen LogP contribution in [0.3, 0.4) is 0 Å². The molecule has 2 N–H and O–H groups in total. The number of benzene rings is 1. The molecule has 1 aliphatic rings. The van der Waals surface area contributed by atoms with Crippen LogP contribution in [0.2, 0.25) is 0 Å². The first-order valence-corrected chi connectivity index (χ1v) is 10.00. The van der Waals surface area contributed by atoms with E-state index in [0.29, 0.717) is 23.9 Å². The Morgan fingerprint density at radius 3 is 2.62 bits per heavy atom. The maximum absolute atomic E-state index is 12.3. The topological polar surface area (TPSA) is 63.4 Å². The van der Waals surface area contributed by atoms with Crippen LogP contribution in [-0.2, 0) is 10.0 Å². The van der Waals surface area contributed by atoms with E-state index in [4.69, 9.17) is 5.73 Å². The Balaban J connectivity index is 1.81. The molecule has 1 fully saturated rings. The molecule has 0 bridgehead atoms. The molecule has 4 nitrogen and oxygen atoms in total. The number of nitrogens with two attached hydrogens (primary N) is 1. The Kier molecular flexibility index (Phi) is 5.96. The molecule has 118 valence electrons. The van der Waals surface area contributed by atoms with Gasteiger partial charge in [-0.3, -0.25) is 0 Å². The third-order valence-electron chi connectivity index (χ3n) is 3.98. The highest BCUT2D eigenvalue weighted by molar-refractivity contribution is 8.00. The second-order valence-corrected chi connectivity index (χ2v) is 8.97. The van der Waals surface area contributed by atoms with E-state index in [0.717, 1.165) is 17.7 Å². The van der Waals surface area contributed by atoms with E-state index >= 15 is 0 Å². The lowest BCUT2D eigenvalue weighted by atomic mass is 10.1. The van der Waals surface area contributed by atoms with Crippen LogP contribution in [0.25, 0.3) is 0 Å². The molecule has 1 aromatic rings. The largest absolute Gasteiger partial charge is 0.398 e. The molecule has 0 spiro atoms. The van der Waals surface area contributed by atoms with Crippen molar-refractivity contribution in [3.8, 4) is 0 Å². The van der Waals surface area contributed by atoms with Crippen LogP contribution in [0.5, 0.6) is 0 Å². The maximum Gasteiger partial charge on any atom is 0.214 e. The van der Waals surface area contributed by atoms with E-state index in [1.807, 2.05) is 24.3 Å². The number of sulfonamides is 1. The SMILES string of the molecule is CN(CC1CCCC1)S(=O)(=O)CCSc1ccccc1N. The highest BCUT2D eigenvalue weighted by Gasteiger charge is 2.23. The van der Waals surface area contributed by atoms with E-state index < -0.39 is 10.0 Å². The zero-order valence-electron chi connectivity index (χ0n) is 12.5. The van der Waals surface area contributed by atoms with Crippen LogP contribution >= 0.6 is 11.8 Å². The van der Waals surface area contributed by atoms with Crippen molar-refractivity contribution in [3.63, 3.8) is 0 Å². The van der Waals surface area contributed by atoms with Crippen LogP contribution in [0.4, 0.5) is 5.69 Å². The summed E-state index contributed by atoms with van der Waals surface area (Å²) in [5, 5.41) is 0. The molecule has 0 unspecified atom stereocenters. The lowest BCUT2D eigenvalue weighted by Crippen LogP contribution is -2.33. The van der Waals surface area contributed by atoms with Crippen molar-refractivity contribution in [2.45, 2.75) is 30.6 Å². The summed E-state index contributed by atoms with van der Waals surface area (Å²) in [4.78, 5) is 0.950. The molecule has 0 amide bonds. The fourth-order valence-corrected chi connectivity index (χ4v) is 5.25. The van der Waals surface area contributed by atoms with Crippen molar-refractivity contribution in [1.82, 2.24) is 4.31 Å². The van der Waals surface area contributed by atoms with Gasteiger partial charge in [0.1, 0.15) is 0 Å². The fraction of sp³-hybridized carbons (Fsp3) is 0.600. The van der Waals surface area contributed by atoms with Crippen molar-refractivity contribution >= 4 is 27.5 Å². The molecule has 2 rings (SSSR count). The molecule has 0 saturated heterocycles. The van der Waals surface area contributed by atoms with Gasteiger partial charge in [-0.2, -0.15) is 0 Å². The summed E-state index contributed by atoms with van der Waals surface area (Å²) < 4.78 is 26.1. The smallest absolute Gasteiger partial charge is 0.214 e. The summed E-state index contributed by atoms with van der Waals surface area (Å²) in [5.74, 6) is 1.24. The van der Waals surface area contributed by atoms with Crippen LogP contribution in [0.15, 0.2) is 29.2 Å². The van der Waals surface area contributed by atoms with Crippen molar-refractivity contribution in [2.75, 3.05) is 30.8 Å². The third kappa shape index (κ3) is 4.90. The molecule has 6 heteroatoms. The Labute approximate surface area is 132 Å². The average Bonchev–Trinajstić information content (AvgIpc) is 2.93. The quantitative estimate of drug-likeness (QED) is 0.617. The average molecular weight is 329 g/mol. The van der Waals surface area contributed by atoms with Crippen molar-refractivity contribution in [2.24, 2.45) is 5.92 Å². The maximum atomic E-state index is 12.3. The Morgan fingerprint density at radius 2 is 1.95 bits per heavy atom. The Bertz CT molecular complexity index is 555. The predicted molar refractivity (Wildman–Crippen MR) is 90.0 cm³/mol. The first kappa shape index (κ1) is 16.6. The van der Waals surface area contributed by atoms with Crippen LogP contribution in [0, 0.1) is 5.92 Å². The number of anilines is 1. The van der Waals surface area contributed by atoms with Gasteiger partial charge in [0.25, 0.3) is 0 Å². The molecular formula is C15H24N2O2S2. The van der Waals surface area contributed by atoms with E-state index in [-0.39, 0.29) is 5.75 Å². The second-order valence-electron chi connectivity index (χ2n) is 5.63. The lowest BCUT2D eigenvalue weighted by molar-refractivity contribution is 0.388. The van der Waals surface area contributed by atoms with Crippen molar-refractivity contribution in [3.05, 3.63) is 24.3 Å². The number of rotatable bonds is 7. The highest BCUT2D eigenvalue weighted by atomic mass is 32.2. The van der Waals surface area contributed by atoms with Gasteiger partial charge in [-0.25, -0.2) is 12.7 Å². The Hall–Kier alpha value is -0.720. The summed E-state index contributed by atoms with van der Waals surface area (Å²) in [6, 6.07) is 7.56. The van der Waals surface area contributed by atoms with E-state index in [2.05, 4.69) is 0 Å². The molecule has 0 aromatic heterocycles. The van der Waals surface area contributed by atoms with Gasteiger partial charge in [0.05, 0.1) is 5.75 Å². The molecule has 0 radical (unpaired) electrons. The minimum Gasteiger partial charge on any atom is -0.398 e. The van der Waals surface area contributed by atoms with Gasteiger partial charge in [0.15, 0.2) is 0 Å². The number of nitrogen functional groups attached to an aromatic ring is 1. The number of hydrogen-bond donors (Lipinski definition) is 1. The van der Waals surface area contributed by atoms with Crippen LogP contribution < -0.4 is 5.73 Å². The Morgan fingerprint density at radius 1 is 1.29 bits per heavy atom. The zero-order valence-corrected chi connectivity index (χ0v) is 14.1. The van der Waals surface area contributed by atoms with Crippen molar-refractivity contribution < 1.29 is 8.42 Å². The first-order chi connectivity index (χ1) is 9.99. The van der Waals surface area contributed by atoms with E-state index in [1.54, 1.807) is 7.05 Å². The van der Waals surface area contributed by atoms with Gasteiger partial charge in [0.2, 0.25) is 10.0 Å². The lowest BCUT2D eigenvalue weighted by Gasteiger charge is -2.20. The van der Waals surface area contributed by atoms with Gasteiger partial charge >= 0.3 is 0 Å². The molecule has 21 heavy (non-hydrogen) atoms. The number of hydrogen-bond acceptors (Lipinski definition) is 4. The first-order valence-electron chi connectivity index (χ1n) is 7.40. The van der Waals surface area contributed by atoms with E-state index in [1.165, 1.54) is 28.9 Å². The highest BCUT2D eigenvalue weighted by Crippen LogP contribution is 2.27. The summed E-state index contributed by atoms with van der Waals surface area (Å²) >= 11 is 1.50. The molecule has 0 atom stereocenters. The zero-order chi connectivity index (χ0) is 15.3. The minimum absolute atomic E-state index is 0.162. The monoisotopic (exact) mass is 328 g/mol. The standard InChI is InChI=1S/C15H24N2O2S2/c1-17(12-13-6-2-3-7-13)21(18,19)11-10-20-15-9-5-4-8-14(15)16/h4-5,8-9,13H,2-3,6-7,10-12,16H2,1H3. The minimum atomic E-state index is -3.16. The fourth-order valence-electron chi connectivity index (χ4n) is 2.69. The van der Waals surface area contributed by atoms with Gasteiger partial charge in [0, 0.05) is 29.9 Å². The number of para-hydroxylation sites is 1. The molecular weight excluding hydrogens is 304 g/mol. The normalized spacial score (nSPS) is 16.7. The summed E-state index contributed by atoms with van der Waals surface area (Å²) in [6.45, 7) is 0.667. The summed E-state index contributed by atoms with van der Waals surface area (Å²) in [6.07, 6.45) is 4.80. The molecule has 0 heterocycles. The molecule has 0 aliphatic heterocycles. The van der Waals surface area contributed by atoms with Crippen LogP contribution in [-0.4, -0.2) is 37.8 Å².